The average molecular weight is 465 g/mol. The van der Waals surface area contributed by atoms with Crippen LogP contribution in [0.1, 0.15) is 5.56 Å². The third-order valence-corrected chi connectivity index (χ3v) is 3.04. The summed E-state index contributed by atoms with van der Waals surface area (Å²) in [7, 11) is 3.03. The highest BCUT2D eigenvalue weighted by atomic mass is 127. The third kappa shape index (κ3) is 10.6. The van der Waals surface area contributed by atoms with Gasteiger partial charge < -0.3 is 10.6 Å². The first-order chi connectivity index (χ1) is 10.3. The van der Waals surface area contributed by atoms with Gasteiger partial charge in [0.15, 0.2) is 5.96 Å². The van der Waals surface area contributed by atoms with Crippen molar-refractivity contribution in [1.29, 1.82) is 0 Å². The van der Waals surface area contributed by atoms with E-state index in [0.29, 0.717) is 24.1 Å². The number of likely N-dealkylation sites (N-methyl/N-ethyl adjacent to an activating group) is 1. The highest BCUT2D eigenvalue weighted by molar-refractivity contribution is 14.0. The van der Waals surface area contributed by atoms with Gasteiger partial charge in [0.1, 0.15) is 0 Å². The number of benzene rings is 1. The lowest BCUT2D eigenvalue weighted by atomic mass is 10.2. The summed E-state index contributed by atoms with van der Waals surface area (Å²) in [5, 5.41) is 6.69. The maximum Gasteiger partial charge on any atom is 0.401 e. The molecule has 9 heteroatoms. The summed E-state index contributed by atoms with van der Waals surface area (Å²) >= 11 is 5.89. The van der Waals surface area contributed by atoms with Crippen molar-refractivity contribution >= 4 is 41.5 Å². The van der Waals surface area contributed by atoms with Crippen LogP contribution in [0.5, 0.6) is 0 Å². The number of nitrogens with one attached hydrogen (secondary N) is 2. The van der Waals surface area contributed by atoms with Crippen molar-refractivity contribution in [1.82, 2.24) is 15.5 Å². The summed E-state index contributed by atoms with van der Waals surface area (Å²) in [4.78, 5) is 5.22. The fraction of sp³-hybridized carbons (Fsp3) is 0.500. The lowest BCUT2D eigenvalue weighted by molar-refractivity contribution is -0.142. The second-order valence-electron chi connectivity index (χ2n) is 4.84. The molecule has 0 aliphatic rings. The summed E-state index contributed by atoms with van der Waals surface area (Å²) in [5.41, 5.74) is 0.990. The average Bonchev–Trinajstić information content (AvgIpc) is 2.40. The molecule has 1 rings (SSSR count). The summed E-state index contributed by atoms with van der Waals surface area (Å²) in [6.45, 7) is 0.223. The largest absolute Gasteiger partial charge is 0.401 e. The lowest BCUT2D eigenvalue weighted by Crippen LogP contribution is -2.42. The fourth-order valence-electron chi connectivity index (χ4n) is 1.80. The Hall–Kier alpha value is -0.740. The first kappa shape index (κ1) is 22.3. The smallest absolute Gasteiger partial charge is 0.355 e. The number of halogens is 5. The van der Waals surface area contributed by atoms with Gasteiger partial charge in [-0.05, 0) is 24.7 Å². The van der Waals surface area contributed by atoms with Crippen molar-refractivity contribution in [3.63, 3.8) is 0 Å². The van der Waals surface area contributed by atoms with Crippen LogP contribution in [-0.2, 0) is 6.54 Å². The van der Waals surface area contributed by atoms with E-state index in [0.717, 1.165) is 5.56 Å². The molecule has 0 aromatic heterocycles. The van der Waals surface area contributed by atoms with Crippen LogP contribution in [-0.4, -0.2) is 50.8 Å². The molecule has 0 saturated heterocycles. The Kier molecular flexibility index (Phi) is 10.6. The second-order valence-corrected chi connectivity index (χ2v) is 5.27. The first-order valence-corrected chi connectivity index (χ1v) is 7.12. The van der Waals surface area contributed by atoms with Crippen molar-refractivity contribution in [2.45, 2.75) is 12.7 Å². The van der Waals surface area contributed by atoms with Gasteiger partial charge >= 0.3 is 6.18 Å². The van der Waals surface area contributed by atoms with E-state index < -0.39 is 12.7 Å². The normalized spacial score (nSPS) is 12.0. The molecule has 1 aromatic rings. The van der Waals surface area contributed by atoms with Gasteiger partial charge in [-0.1, -0.05) is 23.7 Å². The zero-order valence-corrected chi connectivity index (χ0v) is 16.0. The molecule has 0 atom stereocenters. The van der Waals surface area contributed by atoms with Crippen LogP contribution in [0.25, 0.3) is 0 Å². The second kappa shape index (κ2) is 10.9. The number of hydrogen-bond donors (Lipinski definition) is 2. The summed E-state index contributed by atoms with van der Waals surface area (Å²) in [6.07, 6.45) is -4.18. The SMILES string of the molecule is CN=C(NCCN(C)CC(F)(F)F)NCc1cccc(Cl)c1.I. The van der Waals surface area contributed by atoms with Gasteiger partial charge in [0.2, 0.25) is 0 Å². The molecule has 0 unspecified atom stereocenters. The van der Waals surface area contributed by atoms with E-state index in [4.69, 9.17) is 11.6 Å². The van der Waals surface area contributed by atoms with Crippen LogP contribution in [0.2, 0.25) is 5.02 Å². The minimum absolute atomic E-state index is 0. The quantitative estimate of drug-likeness (QED) is 0.386. The molecule has 0 radical (unpaired) electrons. The van der Waals surface area contributed by atoms with Crippen molar-refractivity contribution in [3.05, 3.63) is 34.9 Å². The number of hydrogen-bond acceptors (Lipinski definition) is 2. The van der Waals surface area contributed by atoms with Gasteiger partial charge in [-0.2, -0.15) is 13.2 Å². The van der Waals surface area contributed by atoms with Crippen molar-refractivity contribution < 1.29 is 13.2 Å². The monoisotopic (exact) mass is 464 g/mol. The summed E-state index contributed by atoms with van der Waals surface area (Å²) < 4.78 is 36.6. The van der Waals surface area contributed by atoms with Gasteiger partial charge in [-0.15, -0.1) is 24.0 Å². The van der Waals surface area contributed by atoms with Gasteiger partial charge in [0, 0.05) is 31.7 Å². The van der Waals surface area contributed by atoms with Crippen LogP contribution in [0, 0.1) is 0 Å². The first-order valence-electron chi connectivity index (χ1n) is 6.74. The minimum Gasteiger partial charge on any atom is -0.355 e. The number of rotatable bonds is 6. The molecule has 0 heterocycles. The van der Waals surface area contributed by atoms with Crippen LogP contribution in [0.3, 0.4) is 0 Å². The maximum atomic E-state index is 12.2. The number of alkyl halides is 3. The van der Waals surface area contributed by atoms with Crippen molar-refractivity contribution in [2.75, 3.05) is 33.7 Å². The highest BCUT2D eigenvalue weighted by Crippen LogP contribution is 2.15. The number of aliphatic imine (C=N–C) groups is 1. The van der Waals surface area contributed by atoms with Crippen LogP contribution >= 0.6 is 35.6 Å². The molecule has 1 aromatic carbocycles. The van der Waals surface area contributed by atoms with E-state index in [-0.39, 0.29) is 30.5 Å². The minimum atomic E-state index is -4.18. The Labute approximate surface area is 156 Å². The zero-order valence-electron chi connectivity index (χ0n) is 13.0. The third-order valence-electron chi connectivity index (χ3n) is 2.81. The highest BCUT2D eigenvalue weighted by Gasteiger charge is 2.28. The summed E-state index contributed by atoms with van der Waals surface area (Å²) in [5.74, 6) is 0.528. The van der Waals surface area contributed by atoms with E-state index in [2.05, 4.69) is 15.6 Å². The zero-order chi connectivity index (χ0) is 16.6. The predicted molar refractivity (Wildman–Crippen MR) is 98.6 cm³/mol. The van der Waals surface area contributed by atoms with E-state index in [9.17, 15) is 13.2 Å². The van der Waals surface area contributed by atoms with Crippen LogP contribution < -0.4 is 10.6 Å². The maximum absolute atomic E-state index is 12.2. The Balaban J connectivity index is 0.00000484. The molecule has 0 amide bonds. The molecular weight excluding hydrogens is 444 g/mol. The molecular formula is C14H21ClF3IN4. The Bertz CT molecular complexity index is 497. The topological polar surface area (TPSA) is 39.7 Å². The lowest BCUT2D eigenvalue weighted by Gasteiger charge is -2.19. The van der Waals surface area contributed by atoms with Crippen LogP contribution in [0.15, 0.2) is 29.3 Å². The molecule has 0 spiro atoms. The van der Waals surface area contributed by atoms with Crippen molar-refractivity contribution in [2.24, 2.45) is 4.99 Å². The van der Waals surface area contributed by atoms with Gasteiger partial charge in [0.25, 0.3) is 0 Å². The molecule has 132 valence electrons. The predicted octanol–water partition coefficient (Wildman–Crippen LogP) is 3.12. The Morgan fingerprint density at radius 2 is 2.00 bits per heavy atom. The van der Waals surface area contributed by atoms with E-state index in [1.54, 1.807) is 13.1 Å². The Morgan fingerprint density at radius 1 is 1.30 bits per heavy atom. The van der Waals surface area contributed by atoms with Gasteiger partial charge in [0.05, 0.1) is 6.54 Å². The molecule has 0 aliphatic carbocycles. The number of nitrogens with zero attached hydrogens (tertiary/aromatic N) is 2. The fourth-order valence-corrected chi connectivity index (χ4v) is 2.02. The molecule has 2 N–H and O–H groups in total. The van der Waals surface area contributed by atoms with Crippen molar-refractivity contribution in [3.8, 4) is 0 Å². The molecule has 0 saturated carbocycles. The molecule has 0 aliphatic heterocycles. The standard InChI is InChI=1S/C14H20ClF3N4.HI/c1-19-13(20-6-7-22(2)10-14(16,17)18)21-9-11-4-3-5-12(15)8-11;/h3-5,8H,6-7,9-10H2,1-2H3,(H2,19,20,21);1H. The molecule has 0 bridgehead atoms. The summed E-state index contributed by atoms with van der Waals surface area (Å²) in [6, 6.07) is 7.39. The van der Waals surface area contributed by atoms with E-state index in [1.807, 2.05) is 18.2 Å². The molecule has 23 heavy (non-hydrogen) atoms. The Morgan fingerprint density at radius 3 is 2.57 bits per heavy atom. The van der Waals surface area contributed by atoms with Gasteiger partial charge in [-0.25, -0.2) is 0 Å². The van der Waals surface area contributed by atoms with Gasteiger partial charge in [-0.3, -0.25) is 9.89 Å². The molecule has 0 fully saturated rings. The molecule has 4 nitrogen and oxygen atoms in total. The van der Waals surface area contributed by atoms with E-state index >= 15 is 0 Å². The number of guanidine groups is 1. The van der Waals surface area contributed by atoms with Crippen LogP contribution in [0.4, 0.5) is 13.2 Å². The van der Waals surface area contributed by atoms with E-state index in [1.165, 1.54) is 11.9 Å².